The van der Waals surface area contributed by atoms with E-state index in [1.54, 1.807) is 0 Å². The lowest BCUT2D eigenvalue weighted by atomic mass is 9.98. The molecule has 1 N–H and O–H groups in total. The van der Waals surface area contributed by atoms with Gasteiger partial charge in [0.05, 0.1) is 6.04 Å². The third-order valence-corrected chi connectivity index (χ3v) is 4.45. The van der Waals surface area contributed by atoms with Crippen molar-refractivity contribution in [2.24, 2.45) is 0 Å². The van der Waals surface area contributed by atoms with Crippen LogP contribution in [0.4, 0.5) is 0 Å². The van der Waals surface area contributed by atoms with E-state index in [-0.39, 0.29) is 6.04 Å². The Balaban J connectivity index is 2.20. The van der Waals surface area contributed by atoms with Crippen molar-refractivity contribution in [3.8, 4) is 0 Å². The highest BCUT2D eigenvalue weighted by Crippen LogP contribution is 2.19. The number of rotatable bonds is 6. The molecule has 0 saturated carbocycles. The summed E-state index contributed by atoms with van der Waals surface area (Å²) in [7, 11) is 0. The Hall–Kier alpha value is -1.87. The molecule has 23 heavy (non-hydrogen) atoms. The second-order valence-corrected chi connectivity index (χ2v) is 6.16. The monoisotopic (exact) mass is 326 g/mol. The van der Waals surface area contributed by atoms with Gasteiger partial charge in [0, 0.05) is 13.1 Å². The first-order valence-corrected chi connectivity index (χ1v) is 8.70. The van der Waals surface area contributed by atoms with E-state index in [1.165, 1.54) is 16.7 Å². The van der Waals surface area contributed by atoms with E-state index in [4.69, 9.17) is 12.2 Å². The van der Waals surface area contributed by atoms with Crippen molar-refractivity contribution in [1.82, 2.24) is 10.2 Å². The van der Waals surface area contributed by atoms with E-state index in [9.17, 15) is 0 Å². The average Bonchev–Trinajstić information content (AvgIpc) is 2.56. The second-order valence-electron chi connectivity index (χ2n) is 5.78. The number of benzene rings is 2. The third kappa shape index (κ3) is 5.07. The number of nitrogens with one attached hydrogen (secondary N) is 1. The van der Waals surface area contributed by atoms with Crippen LogP contribution in [0.3, 0.4) is 0 Å². The van der Waals surface area contributed by atoms with E-state index >= 15 is 0 Å². The minimum absolute atomic E-state index is 0.186. The number of hydrogen-bond acceptors (Lipinski definition) is 1. The molecule has 0 saturated heterocycles. The Bertz CT molecular complexity index is 621. The Kier molecular flexibility index (Phi) is 6.60. The molecule has 3 heteroatoms. The number of hydrogen-bond donors (Lipinski definition) is 1. The summed E-state index contributed by atoms with van der Waals surface area (Å²) in [6, 6.07) is 19.4. The molecule has 1 unspecified atom stereocenters. The molecule has 2 aromatic rings. The van der Waals surface area contributed by atoms with Crippen molar-refractivity contribution in [3.05, 3.63) is 71.3 Å². The van der Waals surface area contributed by atoms with Crippen LogP contribution in [0.25, 0.3) is 0 Å². The Morgan fingerprint density at radius 2 is 1.74 bits per heavy atom. The lowest BCUT2D eigenvalue weighted by Gasteiger charge is -2.28. The standard InChI is InChI=1S/C20H26N2S/c1-4-22(5-2)20(23)21-19(18-12-7-6-8-13-18)15-17-11-9-10-16(3)14-17/h6-14,19H,4-5,15H2,1-3H3,(H,21,23). The van der Waals surface area contributed by atoms with Gasteiger partial charge in [0.2, 0.25) is 0 Å². The topological polar surface area (TPSA) is 15.3 Å². The van der Waals surface area contributed by atoms with Crippen molar-refractivity contribution in [2.75, 3.05) is 13.1 Å². The molecular formula is C20H26N2S. The van der Waals surface area contributed by atoms with Crippen LogP contribution in [-0.2, 0) is 6.42 Å². The molecule has 0 radical (unpaired) electrons. The van der Waals surface area contributed by atoms with Crippen LogP contribution in [0.1, 0.15) is 36.6 Å². The Morgan fingerprint density at radius 1 is 1.04 bits per heavy atom. The summed E-state index contributed by atoms with van der Waals surface area (Å²) in [4.78, 5) is 2.18. The molecule has 0 amide bonds. The fourth-order valence-corrected chi connectivity index (χ4v) is 3.16. The zero-order valence-electron chi connectivity index (χ0n) is 14.3. The van der Waals surface area contributed by atoms with Crippen LogP contribution >= 0.6 is 12.2 Å². The molecule has 2 aromatic carbocycles. The van der Waals surface area contributed by atoms with Gasteiger partial charge in [-0.2, -0.15) is 0 Å². The maximum absolute atomic E-state index is 5.61. The second kappa shape index (κ2) is 8.68. The maximum Gasteiger partial charge on any atom is 0.169 e. The van der Waals surface area contributed by atoms with Crippen LogP contribution in [-0.4, -0.2) is 23.1 Å². The van der Waals surface area contributed by atoms with Gasteiger partial charge in [-0.3, -0.25) is 0 Å². The Labute approximate surface area is 145 Å². The van der Waals surface area contributed by atoms with E-state index in [0.717, 1.165) is 24.6 Å². The number of aryl methyl sites for hydroxylation is 1. The summed E-state index contributed by atoms with van der Waals surface area (Å²) in [5.74, 6) is 0. The summed E-state index contributed by atoms with van der Waals surface area (Å²) >= 11 is 5.61. The number of thiocarbonyl (C=S) groups is 1. The smallest absolute Gasteiger partial charge is 0.169 e. The molecule has 0 fully saturated rings. The fourth-order valence-electron chi connectivity index (χ4n) is 2.76. The quantitative estimate of drug-likeness (QED) is 0.787. The summed E-state index contributed by atoms with van der Waals surface area (Å²) < 4.78 is 0. The highest BCUT2D eigenvalue weighted by atomic mass is 32.1. The van der Waals surface area contributed by atoms with E-state index in [2.05, 4.69) is 85.6 Å². The molecule has 0 heterocycles. The van der Waals surface area contributed by atoms with Crippen molar-refractivity contribution in [3.63, 3.8) is 0 Å². The van der Waals surface area contributed by atoms with Gasteiger partial charge in [0.1, 0.15) is 0 Å². The number of nitrogens with zero attached hydrogens (tertiary/aromatic N) is 1. The predicted molar refractivity (Wildman–Crippen MR) is 103 cm³/mol. The highest BCUT2D eigenvalue weighted by Gasteiger charge is 2.15. The molecule has 0 aliphatic rings. The predicted octanol–water partition coefficient (Wildman–Crippen LogP) is 4.50. The van der Waals surface area contributed by atoms with Crippen molar-refractivity contribution in [2.45, 2.75) is 33.2 Å². The Morgan fingerprint density at radius 3 is 2.35 bits per heavy atom. The largest absolute Gasteiger partial charge is 0.355 e. The van der Waals surface area contributed by atoms with Crippen molar-refractivity contribution in [1.29, 1.82) is 0 Å². The van der Waals surface area contributed by atoms with Crippen molar-refractivity contribution >= 4 is 17.3 Å². The van der Waals surface area contributed by atoms with E-state index < -0.39 is 0 Å². The molecule has 0 aromatic heterocycles. The van der Waals surface area contributed by atoms with E-state index in [1.807, 2.05) is 0 Å². The maximum atomic E-state index is 5.61. The van der Waals surface area contributed by atoms with Crippen molar-refractivity contribution < 1.29 is 0 Å². The van der Waals surface area contributed by atoms with Crippen LogP contribution in [0.15, 0.2) is 54.6 Å². The molecule has 0 bridgehead atoms. The minimum Gasteiger partial charge on any atom is -0.355 e. The molecule has 0 aliphatic heterocycles. The molecule has 122 valence electrons. The first-order chi connectivity index (χ1) is 11.1. The lowest BCUT2D eigenvalue weighted by Crippen LogP contribution is -2.41. The summed E-state index contributed by atoms with van der Waals surface area (Å²) in [5, 5.41) is 4.39. The summed E-state index contributed by atoms with van der Waals surface area (Å²) in [5.41, 5.74) is 3.89. The molecule has 1 atom stereocenters. The van der Waals surface area contributed by atoms with Crippen LogP contribution in [0.5, 0.6) is 0 Å². The molecular weight excluding hydrogens is 300 g/mol. The first-order valence-electron chi connectivity index (χ1n) is 8.30. The van der Waals surface area contributed by atoms with Gasteiger partial charge in [-0.1, -0.05) is 60.2 Å². The SMILES string of the molecule is CCN(CC)C(=S)NC(Cc1cccc(C)c1)c1ccccc1. The average molecular weight is 327 g/mol. The molecule has 0 spiro atoms. The van der Waals surface area contributed by atoms with Crippen LogP contribution < -0.4 is 5.32 Å². The van der Waals surface area contributed by atoms with Gasteiger partial charge in [0.25, 0.3) is 0 Å². The normalized spacial score (nSPS) is 11.8. The summed E-state index contributed by atoms with van der Waals surface area (Å²) in [6.07, 6.45) is 0.924. The fraction of sp³-hybridized carbons (Fsp3) is 0.350. The molecule has 2 rings (SSSR count). The van der Waals surface area contributed by atoms with E-state index in [0.29, 0.717) is 0 Å². The van der Waals surface area contributed by atoms with Gasteiger partial charge < -0.3 is 10.2 Å². The lowest BCUT2D eigenvalue weighted by molar-refractivity contribution is 0.444. The van der Waals surface area contributed by atoms with Gasteiger partial charge >= 0.3 is 0 Å². The first kappa shape index (κ1) is 17.5. The molecule has 2 nitrogen and oxygen atoms in total. The van der Waals surface area contributed by atoms with Gasteiger partial charge in [-0.05, 0) is 50.5 Å². The highest BCUT2D eigenvalue weighted by molar-refractivity contribution is 7.80. The zero-order chi connectivity index (χ0) is 16.7. The summed E-state index contributed by atoms with van der Waals surface area (Å²) in [6.45, 7) is 8.25. The molecule has 0 aliphatic carbocycles. The van der Waals surface area contributed by atoms with Crippen LogP contribution in [0.2, 0.25) is 0 Å². The van der Waals surface area contributed by atoms with Gasteiger partial charge in [-0.25, -0.2) is 0 Å². The zero-order valence-corrected chi connectivity index (χ0v) is 15.1. The van der Waals surface area contributed by atoms with Gasteiger partial charge in [-0.15, -0.1) is 0 Å². The van der Waals surface area contributed by atoms with Gasteiger partial charge in [0.15, 0.2) is 5.11 Å². The van der Waals surface area contributed by atoms with Crippen LogP contribution in [0, 0.1) is 6.92 Å². The third-order valence-electron chi connectivity index (χ3n) is 4.07. The minimum atomic E-state index is 0.186.